The summed E-state index contributed by atoms with van der Waals surface area (Å²) in [5.41, 5.74) is 2.40. The van der Waals surface area contributed by atoms with E-state index in [1.165, 1.54) is 5.56 Å². The van der Waals surface area contributed by atoms with Crippen LogP contribution >= 0.6 is 10.0 Å². The molecule has 57 valence electrons. The van der Waals surface area contributed by atoms with Crippen molar-refractivity contribution in [2.24, 2.45) is 0 Å². The summed E-state index contributed by atoms with van der Waals surface area (Å²) in [4.78, 5) is 0. The van der Waals surface area contributed by atoms with Gasteiger partial charge in [0.15, 0.2) is 0 Å². The highest BCUT2D eigenvalue weighted by Crippen LogP contribution is 2.18. The lowest BCUT2D eigenvalue weighted by atomic mass is 10.1. The Morgan fingerprint density at radius 3 is 2.64 bits per heavy atom. The fraction of sp³-hybridized carbons (Fsp3) is 0.250. The van der Waals surface area contributed by atoms with Gasteiger partial charge in [-0.05, 0) is 25.5 Å². The standard InChI is InChI=1S/C8H10O.Al.ClH/c1-6-3-4-8(9)7(2)5-6;;/h3-5,9H,1-2H3;;1H/q;+2;/p-2. The van der Waals surface area contributed by atoms with Crippen LogP contribution in [0.1, 0.15) is 11.1 Å². The van der Waals surface area contributed by atoms with Gasteiger partial charge in [0.25, 0.3) is 0 Å². The lowest BCUT2D eigenvalue weighted by Gasteiger charge is -2.07. The first kappa shape index (κ1) is 8.93. The fourth-order valence-corrected chi connectivity index (χ4v) is 1.63. The van der Waals surface area contributed by atoms with Crippen LogP contribution in [-0.4, -0.2) is 14.6 Å². The van der Waals surface area contributed by atoms with Gasteiger partial charge in [0.2, 0.25) is 0 Å². The fourth-order valence-electron chi connectivity index (χ4n) is 0.980. The molecule has 1 nitrogen and oxygen atoms in total. The van der Waals surface area contributed by atoms with Crippen LogP contribution in [0.25, 0.3) is 0 Å². The molecule has 0 heterocycles. The number of hydrogen-bond acceptors (Lipinski definition) is 1. The summed E-state index contributed by atoms with van der Waals surface area (Å²) in [6.45, 7) is 4.08. The van der Waals surface area contributed by atoms with Gasteiger partial charge in [0.1, 0.15) is 0 Å². The summed E-state index contributed by atoms with van der Waals surface area (Å²) in [5, 5.41) is 0. The Hall–Kier alpha value is -0.158. The molecule has 0 aromatic heterocycles. The van der Waals surface area contributed by atoms with E-state index in [-0.39, 0.29) is 0 Å². The Balaban J connectivity index is 2.90. The SMILES string of the molecule is Cc1ccc([O][Al][Cl])c(C)c1. The molecular formula is C8H9AlClO. The van der Waals surface area contributed by atoms with E-state index in [1.807, 2.05) is 19.1 Å². The molecule has 3 heteroatoms. The molecule has 1 rings (SSSR count). The molecule has 0 unspecified atom stereocenters. The third kappa shape index (κ3) is 2.41. The Labute approximate surface area is 77.6 Å². The van der Waals surface area contributed by atoms with Crippen molar-refractivity contribution in [1.29, 1.82) is 0 Å². The minimum Gasteiger partial charge on any atom is -0.636 e. The molecule has 0 atom stereocenters. The van der Waals surface area contributed by atoms with Gasteiger partial charge in [0.05, 0.1) is 5.75 Å². The summed E-state index contributed by atoms with van der Waals surface area (Å²) in [7, 11) is 5.51. The Morgan fingerprint density at radius 2 is 2.09 bits per heavy atom. The number of aryl methyl sites for hydroxylation is 2. The van der Waals surface area contributed by atoms with Gasteiger partial charge in [-0.3, -0.25) is 0 Å². The number of rotatable bonds is 2. The van der Waals surface area contributed by atoms with Gasteiger partial charge < -0.3 is 3.79 Å². The van der Waals surface area contributed by atoms with Crippen molar-refractivity contribution in [2.75, 3.05) is 0 Å². The summed E-state index contributed by atoms with van der Waals surface area (Å²) >= 11 is -0.423. The molecule has 0 saturated carbocycles. The summed E-state index contributed by atoms with van der Waals surface area (Å²) in [6.07, 6.45) is 0. The molecule has 1 aromatic carbocycles. The number of halogens is 1. The molecule has 0 fully saturated rings. The van der Waals surface area contributed by atoms with Crippen LogP contribution in [0.5, 0.6) is 5.75 Å². The predicted molar refractivity (Wildman–Crippen MR) is 48.2 cm³/mol. The summed E-state index contributed by atoms with van der Waals surface area (Å²) in [5.74, 6) is 0.903. The van der Waals surface area contributed by atoms with Crippen molar-refractivity contribution in [1.82, 2.24) is 0 Å². The average Bonchev–Trinajstić information content (AvgIpc) is 1.95. The molecular weight excluding hydrogens is 175 g/mol. The average molecular weight is 184 g/mol. The highest BCUT2D eigenvalue weighted by molar-refractivity contribution is 6.90. The first-order valence-corrected chi connectivity index (χ1v) is 5.61. The lowest BCUT2D eigenvalue weighted by molar-refractivity contribution is 0.604. The maximum absolute atomic E-state index is 5.51. The largest absolute Gasteiger partial charge is 0.673 e. The molecule has 0 amide bonds. The monoisotopic (exact) mass is 183 g/mol. The molecule has 0 N–H and O–H groups in total. The molecule has 0 saturated heterocycles. The Kier molecular flexibility index (Phi) is 3.26. The zero-order valence-corrected chi connectivity index (χ0v) is 8.51. The molecule has 0 bridgehead atoms. The third-order valence-electron chi connectivity index (χ3n) is 1.50. The second-order valence-electron chi connectivity index (χ2n) is 2.48. The topological polar surface area (TPSA) is 9.23 Å². The highest BCUT2D eigenvalue weighted by atomic mass is 35.6. The maximum atomic E-state index is 5.51. The summed E-state index contributed by atoms with van der Waals surface area (Å²) in [6, 6.07) is 6.07. The molecule has 0 aliphatic carbocycles. The van der Waals surface area contributed by atoms with Crippen molar-refractivity contribution < 1.29 is 3.79 Å². The van der Waals surface area contributed by atoms with E-state index in [9.17, 15) is 0 Å². The minimum atomic E-state index is -0.423. The van der Waals surface area contributed by atoms with E-state index < -0.39 is 14.6 Å². The first-order valence-electron chi connectivity index (χ1n) is 3.40. The van der Waals surface area contributed by atoms with Crippen molar-refractivity contribution >= 4 is 24.7 Å². The van der Waals surface area contributed by atoms with Crippen molar-refractivity contribution in [3.63, 3.8) is 0 Å². The van der Waals surface area contributed by atoms with Crippen LogP contribution in [-0.2, 0) is 0 Å². The zero-order chi connectivity index (χ0) is 8.27. The second-order valence-corrected chi connectivity index (χ2v) is 3.42. The maximum Gasteiger partial charge on any atom is 0.673 e. The smallest absolute Gasteiger partial charge is 0.636 e. The van der Waals surface area contributed by atoms with Crippen LogP contribution in [0.2, 0.25) is 0 Å². The van der Waals surface area contributed by atoms with Gasteiger partial charge in [0, 0.05) is 0 Å². The summed E-state index contributed by atoms with van der Waals surface area (Å²) < 4.78 is 5.24. The molecule has 1 aromatic rings. The molecule has 0 aliphatic rings. The van der Waals surface area contributed by atoms with Crippen LogP contribution in [0.3, 0.4) is 0 Å². The van der Waals surface area contributed by atoms with Crippen molar-refractivity contribution in [3.05, 3.63) is 29.3 Å². The second kappa shape index (κ2) is 4.02. The van der Waals surface area contributed by atoms with Gasteiger partial charge in [-0.1, -0.05) is 17.7 Å². The Bertz CT molecular complexity index is 250. The van der Waals surface area contributed by atoms with Crippen LogP contribution < -0.4 is 3.79 Å². The Morgan fingerprint density at radius 1 is 1.36 bits per heavy atom. The van der Waals surface area contributed by atoms with Crippen molar-refractivity contribution in [2.45, 2.75) is 13.8 Å². The quantitative estimate of drug-likeness (QED) is 0.640. The van der Waals surface area contributed by atoms with Gasteiger partial charge >= 0.3 is 14.6 Å². The van der Waals surface area contributed by atoms with Gasteiger partial charge in [-0.25, -0.2) is 10.0 Å². The van der Waals surface area contributed by atoms with Gasteiger partial charge in [-0.15, -0.1) is 0 Å². The van der Waals surface area contributed by atoms with E-state index >= 15 is 0 Å². The minimum absolute atomic E-state index is 0.423. The molecule has 11 heavy (non-hydrogen) atoms. The van der Waals surface area contributed by atoms with Crippen LogP contribution in [0, 0.1) is 13.8 Å². The van der Waals surface area contributed by atoms with Crippen LogP contribution in [0.4, 0.5) is 0 Å². The van der Waals surface area contributed by atoms with E-state index in [2.05, 4.69) is 13.0 Å². The van der Waals surface area contributed by atoms with E-state index in [4.69, 9.17) is 13.8 Å². The molecule has 0 aliphatic heterocycles. The normalized spacial score (nSPS) is 9.36. The van der Waals surface area contributed by atoms with E-state index in [1.54, 1.807) is 0 Å². The highest BCUT2D eigenvalue weighted by Gasteiger charge is 1.98. The van der Waals surface area contributed by atoms with Gasteiger partial charge in [-0.2, -0.15) is 0 Å². The van der Waals surface area contributed by atoms with E-state index in [0.29, 0.717) is 0 Å². The first-order chi connectivity index (χ1) is 5.24. The van der Waals surface area contributed by atoms with Crippen LogP contribution in [0.15, 0.2) is 18.2 Å². The molecule has 1 radical (unpaired) electrons. The number of hydrogen-bond donors (Lipinski definition) is 0. The van der Waals surface area contributed by atoms with E-state index in [0.717, 1.165) is 11.3 Å². The van der Waals surface area contributed by atoms with Crippen molar-refractivity contribution in [3.8, 4) is 5.75 Å². The predicted octanol–water partition coefficient (Wildman–Crippen LogP) is 2.46. The zero-order valence-electron chi connectivity index (χ0n) is 6.60. The number of benzene rings is 1. The molecule has 0 spiro atoms. The lowest BCUT2D eigenvalue weighted by Crippen LogP contribution is -1.95. The third-order valence-corrected chi connectivity index (χ3v) is 2.11.